The number of H-pyrrole nitrogens is 1. The van der Waals surface area contributed by atoms with Gasteiger partial charge in [-0.2, -0.15) is 0 Å². The highest BCUT2D eigenvalue weighted by Crippen LogP contribution is 2.17. The molecule has 3 rings (SSSR count). The monoisotopic (exact) mass is 341 g/mol. The van der Waals surface area contributed by atoms with Crippen LogP contribution in [0, 0.1) is 0 Å². The van der Waals surface area contributed by atoms with Crippen LogP contribution in [0.25, 0.3) is 17.0 Å². The van der Waals surface area contributed by atoms with Gasteiger partial charge in [-0.15, -0.1) is 0 Å². The van der Waals surface area contributed by atoms with E-state index in [2.05, 4.69) is 4.98 Å². The summed E-state index contributed by atoms with van der Waals surface area (Å²) in [6.07, 6.45) is 1.45. The first-order valence-corrected chi connectivity index (χ1v) is 8.73. The lowest BCUT2D eigenvalue weighted by Crippen LogP contribution is -2.15. The van der Waals surface area contributed by atoms with Crippen molar-refractivity contribution in [3.8, 4) is 5.75 Å². The van der Waals surface area contributed by atoms with Gasteiger partial charge in [0.25, 0.3) is 5.56 Å². The summed E-state index contributed by atoms with van der Waals surface area (Å²) in [6, 6.07) is 15.3. The Kier molecular flexibility index (Phi) is 4.22. The molecule has 0 fully saturated rings. The second kappa shape index (κ2) is 6.33. The van der Waals surface area contributed by atoms with E-state index in [1.54, 1.807) is 55.6 Å². The lowest BCUT2D eigenvalue weighted by Gasteiger charge is -2.02. The van der Waals surface area contributed by atoms with Crippen LogP contribution in [0.5, 0.6) is 5.75 Å². The third kappa shape index (κ3) is 3.23. The van der Waals surface area contributed by atoms with Gasteiger partial charge >= 0.3 is 0 Å². The Balaban J connectivity index is 1.99. The second-order valence-electron chi connectivity index (χ2n) is 5.17. The van der Waals surface area contributed by atoms with Gasteiger partial charge in [0.1, 0.15) is 10.6 Å². The van der Waals surface area contributed by atoms with Crippen LogP contribution < -0.4 is 10.3 Å². The average molecular weight is 341 g/mol. The third-order valence-corrected chi connectivity index (χ3v) is 4.99. The first kappa shape index (κ1) is 16.0. The molecule has 5 nitrogen and oxygen atoms in total. The molecular weight excluding hydrogens is 326 g/mol. The molecule has 0 bridgehead atoms. The van der Waals surface area contributed by atoms with Gasteiger partial charge in [0, 0.05) is 10.9 Å². The Morgan fingerprint density at radius 1 is 1.04 bits per heavy atom. The van der Waals surface area contributed by atoms with Gasteiger partial charge in [0.05, 0.1) is 7.11 Å². The van der Waals surface area contributed by atoms with E-state index in [-0.39, 0.29) is 4.90 Å². The molecule has 0 saturated carbocycles. The highest BCUT2D eigenvalue weighted by molar-refractivity contribution is 7.94. The fourth-order valence-corrected chi connectivity index (χ4v) is 3.38. The molecular formula is C18H15NO4S. The predicted octanol–water partition coefficient (Wildman–Crippen LogP) is 2.98. The van der Waals surface area contributed by atoms with Gasteiger partial charge in [-0.1, -0.05) is 30.3 Å². The SMILES string of the molecule is COc1ccc(/C=C/S(=O)(=O)c2cc3ccccc3[nH]c2=O)cc1. The van der Waals surface area contributed by atoms with Crippen LogP contribution in [0.1, 0.15) is 5.56 Å². The van der Waals surface area contributed by atoms with E-state index in [0.717, 1.165) is 5.41 Å². The first-order chi connectivity index (χ1) is 11.5. The van der Waals surface area contributed by atoms with Gasteiger partial charge in [0.15, 0.2) is 0 Å². The number of fused-ring (bicyclic) bond motifs is 1. The fraction of sp³-hybridized carbons (Fsp3) is 0.0556. The summed E-state index contributed by atoms with van der Waals surface area (Å²) in [7, 11) is -2.29. The Labute approximate surface area is 139 Å². The Morgan fingerprint density at radius 2 is 1.75 bits per heavy atom. The zero-order valence-electron chi connectivity index (χ0n) is 12.9. The van der Waals surface area contributed by atoms with E-state index in [0.29, 0.717) is 22.2 Å². The minimum atomic E-state index is -3.85. The van der Waals surface area contributed by atoms with E-state index in [1.807, 2.05) is 0 Å². The zero-order valence-corrected chi connectivity index (χ0v) is 13.7. The molecule has 0 spiro atoms. The molecule has 2 aromatic carbocycles. The number of sulfone groups is 1. The number of pyridine rings is 1. The normalized spacial score (nSPS) is 11.9. The number of nitrogens with one attached hydrogen (secondary N) is 1. The van der Waals surface area contributed by atoms with Crippen molar-refractivity contribution in [2.45, 2.75) is 4.90 Å². The van der Waals surface area contributed by atoms with Crippen molar-refractivity contribution in [1.82, 2.24) is 4.98 Å². The molecule has 0 saturated heterocycles. The topological polar surface area (TPSA) is 76.2 Å². The molecule has 1 N–H and O–H groups in total. The van der Waals surface area contributed by atoms with E-state index in [4.69, 9.17) is 4.74 Å². The van der Waals surface area contributed by atoms with Gasteiger partial charge in [0.2, 0.25) is 9.84 Å². The van der Waals surface area contributed by atoms with E-state index < -0.39 is 15.4 Å². The molecule has 0 atom stereocenters. The number of aromatic nitrogens is 1. The highest BCUT2D eigenvalue weighted by Gasteiger charge is 2.16. The van der Waals surface area contributed by atoms with Gasteiger partial charge in [-0.25, -0.2) is 8.42 Å². The number of rotatable bonds is 4. The number of hydrogen-bond acceptors (Lipinski definition) is 4. The molecule has 0 aliphatic carbocycles. The quantitative estimate of drug-likeness (QED) is 0.791. The molecule has 0 aliphatic rings. The van der Waals surface area contributed by atoms with Crippen LogP contribution in [0.15, 0.2) is 69.7 Å². The summed E-state index contributed by atoms with van der Waals surface area (Å²) in [6.45, 7) is 0. The maximum Gasteiger partial charge on any atom is 0.267 e. The molecule has 0 aliphatic heterocycles. The predicted molar refractivity (Wildman–Crippen MR) is 93.8 cm³/mol. The summed E-state index contributed by atoms with van der Waals surface area (Å²) >= 11 is 0. The molecule has 24 heavy (non-hydrogen) atoms. The van der Waals surface area contributed by atoms with E-state index in [9.17, 15) is 13.2 Å². The number of aromatic amines is 1. The average Bonchev–Trinajstić information content (AvgIpc) is 2.59. The van der Waals surface area contributed by atoms with Gasteiger partial charge in [-0.3, -0.25) is 4.79 Å². The first-order valence-electron chi connectivity index (χ1n) is 7.19. The van der Waals surface area contributed by atoms with Crippen LogP contribution in [-0.4, -0.2) is 20.5 Å². The van der Waals surface area contributed by atoms with Crippen molar-refractivity contribution >= 4 is 26.8 Å². The van der Waals surface area contributed by atoms with Crippen LogP contribution in [0.2, 0.25) is 0 Å². The highest BCUT2D eigenvalue weighted by atomic mass is 32.2. The van der Waals surface area contributed by atoms with Crippen molar-refractivity contribution in [3.05, 3.63) is 75.9 Å². The maximum atomic E-state index is 12.5. The lowest BCUT2D eigenvalue weighted by molar-refractivity contribution is 0.415. The molecule has 3 aromatic rings. The molecule has 1 aromatic heterocycles. The van der Waals surface area contributed by atoms with Crippen molar-refractivity contribution in [2.75, 3.05) is 7.11 Å². The molecule has 0 radical (unpaired) electrons. The van der Waals surface area contributed by atoms with Gasteiger partial charge < -0.3 is 9.72 Å². The van der Waals surface area contributed by atoms with Crippen molar-refractivity contribution in [1.29, 1.82) is 0 Å². The summed E-state index contributed by atoms with van der Waals surface area (Å²) in [5, 5.41) is 1.70. The molecule has 122 valence electrons. The maximum absolute atomic E-state index is 12.5. The molecule has 0 unspecified atom stereocenters. The van der Waals surface area contributed by atoms with Crippen molar-refractivity contribution in [3.63, 3.8) is 0 Å². The van der Waals surface area contributed by atoms with Crippen LogP contribution >= 0.6 is 0 Å². The number of hydrogen-bond donors (Lipinski definition) is 1. The Bertz CT molecular complexity index is 1060. The van der Waals surface area contributed by atoms with Crippen LogP contribution in [0.4, 0.5) is 0 Å². The summed E-state index contributed by atoms with van der Waals surface area (Å²) in [4.78, 5) is 14.4. The summed E-state index contributed by atoms with van der Waals surface area (Å²) in [5.41, 5.74) is 0.658. The summed E-state index contributed by atoms with van der Waals surface area (Å²) in [5.74, 6) is 0.681. The Hall–Kier alpha value is -2.86. The number of ether oxygens (including phenoxy) is 1. The lowest BCUT2D eigenvalue weighted by atomic mass is 10.2. The molecule has 0 amide bonds. The zero-order chi connectivity index (χ0) is 17.2. The van der Waals surface area contributed by atoms with Crippen molar-refractivity contribution in [2.24, 2.45) is 0 Å². The number of methoxy groups -OCH3 is 1. The van der Waals surface area contributed by atoms with Crippen LogP contribution in [0.3, 0.4) is 0 Å². The minimum Gasteiger partial charge on any atom is -0.497 e. The Morgan fingerprint density at radius 3 is 2.46 bits per heavy atom. The van der Waals surface area contributed by atoms with Gasteiger partial charge in [-0.05, 0) is 41.3 Å². The molecule has 6 heteroatoms. The smallest absolute Gasteiger partial charge is 0.267 e. The standard InChI is InChI=1S/C18H15NO4S/c1-23-15-8-6-13(7-9-15)10-11-24(21,22)17-12-14-4-2-3-5-16(14)19-18(17)20/h2-12H,1H3,(H,19,20)/b11-10+. The minimum absolute atomic E-state index is 0.272. The fourth-order valence-electron chi connectivity index (χ4n) is 2.30. The summed E-state index contributed by atoms with van der Waals surface area (Å²) < 4.78 is 30.0. The third-order valence-electron chi connectivity index (χ3n) is 3.58. The second-order valence-corrected chi connectivity index (χ2v) is 6.97. The van der Waals surface area contributed by atoms with Crippen LogP contribution in [-0.2, 0) is 9.84 Å². The van der Waals surface area contributed by atoms with E-state index >= 15 is 0 Å². The molecule has 1 heterocycles. The number of benzene rings is 2. The van der Waals surface area contributed by atoms with Crippen molar-refractivity contribution < 1.29 is 13.2 Å². The largest absolute Gasteiger partial charge is 0.497 e. The number of para-hydroxylation sites is 1. The van der Waals surface area contributed by atoms with E-state index in [1.165, 1.54) is 12.1 Å².